The minimum atomic E-state index is -0.702. The monoisotopic (exact) mass is 323 g/mol. The molecule has 2 saturated carbocycles. The summed E-state index contributed by atoms with van der Waals surface area (Å²) in [6, 6.07) is -0.378. The van der Waals surface area contributed by atoms with Crippen LogP contribution in [0.5, 0.6) is 0 Å². The zero-order valence-corrected chi connectivity index (χ0v) is 14.7. The summed E-state index contributed by atoms with van der Waals surface area (Å²) in [5.74, 6) is 1.15. The molecule has 3 N–H and O–H groups in total. The summed E-state index contributed by atoms with van der Waals surface area (Å²) in [5.41, 5.74) is 6.26. The van der Waals surface area contributed by atoms with E-state index in [-0.39, 0.29) is 29.6 Å². The highest BCUT2D eigenvalue weighted by Gasteiger charge is 2.36. The third-order valence-corrected chi connectivity index (χ3v) is 6.01. The molecule has 1 atom stereocenters. The lowest BCUT2D eigenvalue weighted by Gasteiger charge is -2.34. The third kappa shape index (κ3) is 5.03. The average molecular weight is 323 g/mol. The van der Waals surface area contributed by atoms with Gasteiger partial charge in [0.2, 0.25) is 0 Å². The molecule has 0 amide bonds. The first-order valence-electron chi connectivity index (χ1n) is 9.40. The van der Waals surface area contributed by atoms with Crippen LogP contribution in [-0.2, 0) is 9.59 Å². The predicted molar refractivity (Wildman–Crippen MR) is 91.0 cm³/mol. The Morgan fingerprint density at radius 1 is 0.957 bits per heavy atom. The molecule has 0 saturated heterocycles. The zero-order chi connectivity index (χ0) is 17.0. The fraction of sp³-hybridized carbons (Fsp3) is 0.895. The molecule has 0 aromatic heterocycles. The Hall–Kier alpha value is -0.900. The molecule has 0 bridgehead atoms. The maximum Gasteiger partial charge on any atom is 0.306 e. The largest absolute Gasteiger partial charge is 0.481 e. The molecule has 23 heavy (non-hydrogen) atoms. The van der Waals surface area contributed by atoms with Crippen molar-refractivity contribution in [2.45, 2.75) is 77.7 Å². The van der Waals surface area contributed by atoms with Crippen molar-refractivity contribution in [3.05, 3.63) is 0 Å². The highest BCUT2D eigenvalue weighted by molar-refractivity contribution is 5.86. The van der Waals surface area contributed by atoms with Crippen LogP contribution in [-0.4, -0.2) is 22.9 Å². The molecule has 2 fully saturated rings. The van der Waals surface area contributed by atoms with E-state index in [1.54, 1.807) is 0 Å². The van der Waals surface area contributed by atoms with Crippen LogP contribution in [0.2, 0.25) is 0 Å². The van der Waals surface area contributed by atoms with E-state index in [2.05, 4.69) is 13.8 Å². The van der Waals surface area contributed by atoms with Gasteiger partial charge in [-0.05, 0) is 75.5 Å². The van der Waals surface area contributed by atoms with Gasteiger partial charge in [0, 0.05) is 5.92 Å². The van der Waals surface area contributed by atoms with Gasteiger partial charge in [-0.15, -0.1) is 0 Å². The molecule has 4 heteroatoms. The Kier molecular flexibility index (Phi) is 6.63. The molecule has 2 aliphatic rings. The lowest BCUT2D eigenvalue weighted by Crippen LogP contribution is -2.44. The smallest absolute Gasteiger partial charge is 0.306 e. The molecule has 2 aliphatic carbocycles. The quantitative estimate of drug-likeness (QED) is 0.782. The minimum absolute atomic E-state index is 0.144. The van der Waals surface area contributed by atoms with Gasteiger partial charge in [0.25, 0.3) is 0 Å². The third-order valence-electron chi connectivity index (χ3n) is 6.01. The van der Waals surface area contributed by atoms with Gasteiger partial charge in [-0.2, -0.15) is 0 Å². The summed E-state index contributed by atoms with van der Waals surface area (Å²) in [4.78, 5) is 23.7. The normalized spacial score (nSPS) is 33.4. The van der Waals surface area contributed by atoms with Crippen molar-refractivity contribution in [2.75, 3.05) is 0 Å². The van der Waals surface area contributed by atoms with Gasteiger partial charge in [-0.25, -0.2) is 0 Å². The number of carbonyl (C=O) groups is 2. The first kappa shape index (κ1) is 18.4. The lowest BCUT2D eigenvalue weighted by molar-refractivity contribution is -0.143. The summed E-state index contributed by atoms with van der Waals surface area (Å²) in [5, 5.41) is 9.07. The Morgan fingerprint density at radius 2 is 1.48 bits per heavy atom. The number of nitrogens with two attached hydrogens (primary N) is 1. The first-order valence-corrected chi connectivity index (χ1v) is 9.40. The fourth-order valence-corrected chi connectivity index (χ4v) is 4.58. The molecule has 0 aliphatic heterocycles. The second-order valence-corrected chi connectivity index (χ2v) is 8.23. The van der Waals surface area contributed by atoms with Crippen LogP contribution in [0.25, 0.3) is 0 Å². The van der Waals surface area contributed by atoms with Crippen LogP contribution in [0.3, 0.4) is 0 Å². The highest BCUT2D eigenvalue weighted by Crippen LogP contribution is 2.36. The van der Waals surface area contributed by atoms with Crippen LogP contribution >= 0.6 is 0 Å². The SMILES string of the molecule is CC(C)CC1CCC(C(=O)C(N)[C@H]2CC[C@H](C(=O)O)CC2)CC1. The lowest BCUT2D eigenvalue weighted by atomic mass is 9.72. The molecule has 0 radical (unpaired) electrons. The van der Waals surface area contributed by atoms with E-state index in [4.69, 9.17) is 10.8 Å². The van der Waals surface area contributed by atoms with E-state index in [0.29, 0.717) is 12.8 Å². The molecule has 0 spiro atoms. The number of carboxylic acid groups (broad SMARTS) is 1. The van der Waals surface area contributed by atoms with Crippen molar-refractivity contribution >= 4 is 11.8 Å². The topological polar surface area (TPSA) is 80.4 Å². The summed E-state index contributed by atoms with van der Waals surface area (Å²) >= 11 is 0. The zero-order valence-electron chi connectivity index (χ0n) is 14.7. The first-order chi connectivity index (χ1) is 10.9. The number of ketones is 1. The Morgan fingerprint density at radius 3 is 1.96 bits per heavy atom. The van der Waals surface area contributed by atoms with Crippen molar-refractivity contribution in [3.63, 3.8) is 0 Å². The number of hydrogen-bond donors (Lipinski definition) is 2. The van der Waals surface area contributed by atoms with Gasteiger partial charge in [0.05, 0.1) is 12.0 Å². The van der Waals surface area contributed by atoms with E-state index in [0.717, 1.165) is 50.4 Å². The summed E-state index contributed by atoms with van der Waals surface area (Å²) in [6.07, 6.45) is 8.48. The van der Waals surface area contributed by atoms with Crippen molar-refractivity contribution in [1.82, 2.24) is 0 Å². The number of carboxylic acids is 1. The van der Waals surface area contributed by atoms with Gasteiger partial charge in [0.1, 0.15) is 0 Å². The Labute approximate surface area is 140 Å². The van der Waals surface area contributed by atoms with Gasteiger partial charge < -0.3 is 10.8 Å². The van der Waals surface area contributed by atoms with Gasteiger partial charge in [0.15, 0.2) is 5.78 Å². The van der Waals surface area contributed by atoms with Crippen molar-refractivity contribution in [3.8, 4) is 0 Å². The molecule has 1 unspecified atom stereocenters. The number of rotatable bonds is 6. The number of aliphatic carboxylic acids is 1. The van der Waals surface area contributed by atoms with Crippen LogP contribution in [0.4, 0.5) is 0 Å². The van der Waals surface area contributed by atoms with E-state index in [9.17, 15) is 9.59 Å². The predicted octanol–water partition coefficient (Wildman–Crippen LogP) is 3.63. The molecule has 4 nitrogen and oxygen atoms in total. The molecular weight excluding hydrogens is 290 g/mol. The summed E-state index contributed by atoms with van der Waals surface area (Å²) in [7, 11) is 0. The van der Waals surface area contributed by atoms with E-state index in [1.165, 1.54) is 6.42 Å². The van der Waals surface area contributed by atoms with E-state index >= 15 is 0 Å². The second kappa shape index (κ2) is 8.27. The van der Waals surface area contributed by atoms with Crippen LogP contribution in [0.15, 0.2) is 0 Å². The Bertz CT molecular complexity index is 405. The maximum atomic E-state index is 12.7. The number of Topliss-reactive ketones (excluding diaryl/α,β-unsaturated/α-hetero) is 1. The average Bonchev–Trinajstić information content (AvgIpc) is 2.53. The van der Waals surface area contributed by atoms with Crippen molar-refractivity contribution in [2.24, 2.45) is 35.3 Å². The molecular formula is C19H33NO3. The maximum absolute atomic E-state index is 12.7. The van der Waals surface area contributed by atoms with Crippen molar-refractivity contribution < 1.29 is 14.7 Å². The molecule has 132 valence electrons. The summed E-state index contributed by atoms with van der Waals surface area (Å²) < 4.78 is 0. The standard InChI is InChI=1S/C19H33NO3/c1-12(2)11-13-3-5-15(6-4-13)18(21)17(20)14-7-9-16(10-8-14)19(22)23/h12-17H,3-11,20H2,1-2H3,(H,22,23)/t13?,14-,15?,16-,17?. The number of hydrogen-bond acceptors (Lipinski definition) is 3. The van der Waals surface area contributed by atoms with E-state index in [1.807, 2.05) is 0 Å². The second-order valence-electron chi connectivity index (χ2n) is 8.23. The van der Waals surface area contributed by atoms with Crippen molar-refractivity contribution in [1.29, 1.82) is 0 Å². The molecule has 0 aromatic rings. The van der Waals surface area contributed by atoms with Gasteiger partial charge >= 0.3 is 5.97 Å². The van der Waals surface area contributed by atoms with Crippen LogP contribution < -0.4 is 5.73 Å². The fourth-order valence-electron chi connectivity index (χ4n) is 4.58. The molecule has 0 heterocycles. The Balaban J connectivity index is 1.79. The minimum Gasteiger partial charge on any atom is -0.481 e. The summed E-state index contributed by atoms with van der Waals surface area (Å²) in [6.45, 7) is 4.53. The molecule has 2 rings (SSSR count). The number of carbonyl (C=O) groups excluding carboxylic acids is 1. The van der Waals surface area contributed by atoms with Crippen LogP contribution in [0.1, 0.15) is 71.6 Å². The van der Waals surface area contributed by atoms with E-state index < -0.39 is 5.97 Å². The van der Waals surface area contributed by atoms with Gasteiger partial charge in [-0.3, -0.25) is 9.59 Å². The molecule has 0 aromatic carbocycles. The van der Waals surface area contributed by atoms with Crippen LogP contribution in [0, 0.1) is 29.6 Å². The van der Waals surface area contributed by atoms with Gasteiger partial charge in [-0.1, -0.05) is 13.8 Å². The highest BCUT2D eigenvalue weighted by atomic mass is 16.4.